The molecule has 8 aromatic rings. The van der Waals surface area contributed by atoms with Crippen molar-refractivity contribution in [2.45, 2.75) is 58.0 Å². The van der Waals surface area contributed by atoms with E-state index in [0.717, 1.165) is 43.0 Å². The number of para-hydroxylation sites is 2. The van der Waals surface area contributed by atoms with Crippen molar-refractivity contribution in [1.29, 1.82) is 0 Å². The van der Waals surface area contributed by atoms with Gasteiger partial charge in [-0.15, -0.1) is 0 Å². The van der Waals surface area contributed by atoms with Gasteiger partial charge in [-0.3, -0.25) is 9.59 Å². The van der Waals surface area contributed by atoms with Crippen LogP contribution in [0.1, 0.15) is 44.2 Å². The molecule has 20 heteroatoms. The molecule has 4 aliphatic heterocycles. The molecule has 4 aromatic carbocycles. The highest BCUT2D eigenvalue weighted by molar-refractivity contribution is 6.66. The van der Waals surface area contributed by atoms with Gasteiger partial charge in [-0.05, 0) is 117 Å². The number of fused-ring (bicyclic) bond motifs is 10. The van der Waals surface area contributed by atoms with Crippen LogP contribution in [-0.2, 0) is 22.4 Å². The minimum Gasteiger partial charge on any atom is -0.492 e. The van der Waals surface area contributed by atoms with Crippen molar-refractivity contribution in [3.8, 4) is 45.4 Å². The van der Waals surface area contributed by atoms with Crippen molar-refractivity contribution in [3.05, 3.63) is 176 Å². The van der Waals surface area contributed by atoms with Crippen LogP contribution < -0.4 is 30.7 Å². The van der Waals surface area contributed by atoms with Crippen LogP contribution >= 0.6 is 34.8 Å². The van der Waals surface area contributed by atoms with Gasteiger partial charge < -0.3 is 24.2 Å². The van der Waals surface area contributed by atoms with Crippen LogP contribution in [0.5, 0.6) is 11.5 Å². The third-order valence-electron chi connectivity index (χ3n) is 14.4. The first-order valence-electron chi connectivity index (χ1n) is 25.7. The number of carbonyl (C=O) groups excluding carboxylic acids is 2. The number of halogens is 5. The molecule has 2 saturated heterocycles. The number of carbonyl (C=O) groups is 2. The molecule has 4 aliphatic rings. The van der Waals surface area contributed by atoms with Gasteiger partial charge in [0.1, 0.15) is 34.8 Å². The molecule has 0 aliphatic carbocycles. The van der Waals surface area contributed by atoms with Crippen LogP contribution in [0.15, 0.2) is 132 Å². The number of nitrogens with zero attached hydrogens (tertiary/aromatic N) is 9. The number of hydrogen-bond acceptors (Lipinski definition) is 12. The fourth-order valence-corrected chi connectivity index (χ4v) is 11.1. The van der Waals surface area contributed by atoms with E-state index >= 15 is 8.78 Å². The monoisotopic (exact) mass is 1130 g/mol. The van der Waals surface area contributed by atoms with Crippen LogP contribution in [0.4, 0.5) is 20.4 Å². The number of amides is 1. The van der Waals surface area contributed by atoms with E-state index in [1.165, 1.54) is 27.3 Å². The molecule has 0 N–H and O–H groups in total. The molecule has 8 heterocycles. The van der Waals surface area contributed by atoms with Crippen LogP contribution in [-0.4, -0.2) is 96.6 Å². The Bertz CT molecular complexity index is 3880. The number of hydrogen-bond donors (Lipinski definition) is 0. The predicted molar refractivity (Wildman–Crippen MR) is 305 cm³/mol. The number of piperazine rings is 1. The standard InChI is InChI=1S/C29H25ClFN5O3.C27H24ClFN4O2.C3H3ClO/c1-3-24(37)34-12-13-35(17(2)16-34)27-19-15-20(30)26-25-21(31)8-6-10-23(25)39-14-11-18-7-4-5-9-22(18)36(28(19)32-26)29(38)33-27;1-16-7-4-5-13-32(16)25-18-15-19(28)24-23-20(29)9-6-11-22(23)35-14-12-17-8-2-3-10-21(17)33(26(18)30-24)27(34)31-25;1-2-3(4)5/h3-10,15,17H,1,11-14,16H2,2H3;2-3,6,8-11,15-16H,4-5,7,12-14H2,1H3;2H,1H2/t17-;16-;/m00./s1. The highest BCUT2D eigenvalue weighted by atomic mass is 35.5. The summed E-state index contributed by atoms with van der Waals surface area (Å²) in [5, 5.41) is 1.18. The summed E-state index contributed by atoms with van der Waals surface area (Å²) >= 11 is 18.2. The van der Waals surface area contributed by atoms with Gasteiger partial charge in [-0.2, -0.15) is 9.97 Å². The molecule has 79 heavy (non-hydrogen) atoms. The maximum Gasteiger partial charge on any atom is 0.355 e. The molecule has 1 amide bonds. The first-order chi connectivity index (χ1) is 38.2. The van der Waals surface area contributed by atoms with Crippen molar-refractivity contribution in [3.63, 3.8) is 0 Å². The van der Waals surface area contributed by atoms with Crippen LogP contribution in [0.2, 0.25) is 10.0 Å². The number of aromatic nitrogens is 6. The Labute approximate surface area is 467 Å². The molecule has 4 aromatic heterocycles. The van der Waals surface area contributed by atoms with Crippen LogP contribution in [0, 0.1) is 11.6 Å². The zero-order chi connectivity index (χ0) is 55.6. The minimum atomic E-state index is -0.530. The third kappa shape index (κ3) is 10.7. The first-order valence-corrected chi connectivity index (χ1v) is 26.8. The van der Waals surface area contributed by atoms with Crippen molar-refractivity contribution in [2.75, 3.05) is 49.2 Å². The highest BCUT2D eigenvalue weighted by Crippen LogP contribution is 2.42. The lowest BCUT2D eigenvalue weighted by Crippen LogP contribution is -2.54. The zero-order valence-corrected chi connectivity index (χ0v) is 45.4. The van der Waals surface area contributed by atoms with Gasteiger partial charge in [0, 0.05) is 51.1 Å². The second-order valence-corrected chi connectivity index (χ2v) is 20.4. The van der Waals surface area contributed by atoms with E-state index in [1.54, 1.807) is 41.3 Å². The van der Waals surface area contributed by atoms with E-state index < -0.39 is 28.3 Å². The molecule has 2 atom stereocenters. The summed E-state index contributed by atoms with van der Waals surface area (Å²) in [5.41, 5.74) is 3.59. The lowest BCUT2D eigenvalue weighted by atomic mass is 10.0. The molecular weight excluding hydrogens is 1080 g/mol. The molecule has 4 bridgehead atoms. The van der Waals surface area contributed by atoms with Crippen LogP contribution in [0.25, 0.3) is 56.0 Å². The molecule has 0 spiro atoms. The van der Waals surface area contributed by atoms with E-state index in [-0.39, 0.29) is 57.2 Å². The molecule has 0 saturated carbocycles. The van der Waals surface area contributed by atoms with Gasteiger partial charge in [0.25, 0.3) is 0 Å². The molecule has 0 radical (unpaired) electrons. The largest absolute Gasteiger partial charge is 0.492 e. The molecule has 15 nitrogen and oxygen atoms in total. The minimum absolute atomic E-state index is 0.137. The molecule has 0 unspecified atom stereocenters. The van der Waals surface area contributed by atoms with Crippen LogP contribution in [0.3, 0.4) is 0 Å². The first kappa shape index (κ1) is 54.4. The maximum absolute atomic E-state index is 15.2. The van der Waals surface area contributed by atoms with Gasteiger partial charge >= 0.3 is 11.4 Å². The Balaban J connectivity index is 0.000000165. The maximum atomic E-state index is 15.2. The average molecular weight is 1130 g/mol. The second-order valence-electron chi connectivity index (χ2n) is 19.2. The Kier molecular flexibility index (Phi) is 15.9. The summed E-state index contributed by atoms with van der Waals surface area (Å²) in [6.45, 7) is 13.5. The Hall–Kier alpha value is -7.99. The number of ether oxygens (including phenoxy) is 2. The van der Waals surface area contributed by atoms with Gasteiger partial charge in [0.15, 0.2) is 11.3 Å². The Morgan fingerprint density at radius 2 is 1.11 bits per heavy atom. The summed E-state index contributed by atoms with van der Waals surface area (Å²) < 4.78 is 45.4. The van der Waals surface area contributed by atoms with Gasteiger partial charge in [0.05, 0.1) is 67.9 Å². The molecule has 12 rings (SSSR count). The highest BCUT2D eigenvalue weighted by Gasteiger charge is 2.32. The number of rotatable bonds is 4. The van der Waals surface area contributed by atoms with Crippen molar-refractivity contribution >= 4 is 79.7 Å². The smallest absolute Gasteiger partial charge is 0.355 e. The fourth-order valence-electron chi connectivity index (χ4n) is 10.6. The van der Waals surface area contributed by atoms with Gasteiger partial charge in [0.2, 0.25) is 11.1 Å². The van der Waals surface area contributed by atoms with Gasteiger partial charge in [-0.25, -0.2) is 37.5 Å². The lowest BCUT2D eigenvalue weighted by molar-refractivity contribution is -0.126. The van der Waals surface area contributed by atoms with E-state index in [9.17, 15) is 19.2 Å². The quantitative estimate of drug-likeness (QED) is 0.121. The number of anilines is 2. The second kappa shape index (κ2) is 23.1. The number of pyridine rings is 2. The molecule has 2 fully saturated rings. The van der Waals surface area contributed by atoms with E-state index in [4.69, 9.17) is 54.2 Å². The summed E-state index contributed by atoms with van der Waals surface area (Å²) in [6, 6.07) is 27.9. The van der Waals surface area contributed by atoms with E-state index in [2.05, 4.69) is 34.9 Å². The summed E-state index contributed by atoms with van der Waals surface area (Å²) in [5.74, 6) is 0.524. The Morgan fingerprint density at radius 3 is 1.57 bits per heavy atom. The fraction of sp³-hybridized carbons (Fsp3) is 0.254. The topological polar surface area (TPSA) is 158 Å². The van der Waals surface area contributed by atoms with Crippen molar-refractivity contribution in [2.24, 2.45) is 0 Å². The number of piperidine rings is 1. The summed E-state index contributed by atoms with van der Waals surface area (Å²) in [7, 11) is 0. The van der Waals surface area contributed by atoms with E-state index in [0.29, 0.717) is 95.7 Å². The summed E-state index contributed by atoms with van der Waals surface area (Å²) in [4.78, 5) is 73.7. The van der Waals surface area contributed by atoms with Crippen molar-refractivity contribution < 1.29 is 27.8 Å². The predicted octanol–water partition coefficient (Wildman–Crippen LogP) is 10.9. The summed E-state index contributed by atoms with van der Waals surface area (Å²) in [6.07, 6.45) is 6.52. The number of benzene rings is 4. The molecule has 404 valence electrons. The Morgan fingerprint density at radius 1 is 0.633 bits per heavy atom. The lowest BCUT2D eigenvalue weighted by Gasteiger charge is -2.40. The number of allylic oxidation sites excluding steroid dienone is 1. The average Bonchev–Trinajstić information content (AvgIpc) is 3.54. The van der Waals surface area contributed by atoms with E-state index in [1.807, 2.05) is 60.4 Å². The normalized spacial score (nSPS) is 16.4. The SMILES string of the molecule is C=CC(=O)Cl.C=CC(=O)N1CCN(c2nc(=O)n3c4nc(c(Cl)cc24)-c2c(F)cccc2OCCc2ccccc2-3)[C@@H](C)C1.C[C@H]1CCCCN1c1nc(=O)n2c3nc(c(Cl)cc13)-c1c(F)cccc1OCCc1ccccc1-2. The molecular formula is C59H52Cl3F2N9O6. The van der Waals surface area contributed by atoms with Gasteiger partial charge in [-0.1, -0.05) is 84.9 Å². The zero-order valence-electron chi connectivity index (χ0n) is 43.1. The third-order valence-corrected chi connectivity index (χ3v) is 15.1. The van der Waals surface area contributed by atoms with Crippen molar-refractivity contribution in [1.82, 2.24) is 34.0 Å².